The molecule has 21 heavy (non-hydrogen) atoms. The van der Waals surface area contributed by atoms with Crippen molar-refractivity contribution in [1.29, 1.82) is 0 Å². The van der Waals surface area contributed by atoms with Crippen LogP contribution in [0.15, 0.2) is 36.4 Å². The standard InChI is InChI=1S/C15H16N2O4/c18-13(7-8-14(19)20)16-12-6-2-1-5-11(12)15(21)17-9-3-4-10-17/h1-2,5-8H,3-4,9-10H2,(H,16,18)(H,19,20)/b8-7+. The molecule has 1 aromatic carbocycles. The molecule has 0 unspecified atom stereocenters. The number of benzene rings is 1. The number of aliphatic carboxylic acids is 1. The van der Waals surface area contributed by atoms with Gasteiger partial charge in [-0.3, -0.25) is 9.59 Å². The Morgan fingerprint density at radius 1 is 1.10 bits per heavy atom. The molecule has 2 amide bonds. The fourth-order valence-corrected chi connectivity index (χ4v) is 2.19. The van der Waals surface area contributed by atoms with Crippen LogP contribution < -0.4 is 5.32 Å². The summed E-state index contributed by atoms with van der Waals surface area (Å²) in [4.78, 5) is 36.1. The molecule has 1 heterocycles. The van der Waals surface area contributed by atoms with Crippen molar-refractivity contribution >= 4 is 23.5 Å². The first kappa shape index (κ1) is 14.8. The molecular formula is C15H16N2O4. The molecule has 0 saturated carbocycles. The molecule has 1 aliphatic heterocycles. The zero-order valence-corrected chi connectivity index (χ0v) is 11.4. The zero-order chi connectivity index (χ0) is 15.2. The summed E-state index contributed by atoms with van der Waals surface area (Å²) in [5.41, 5.74) is 0.797. The van der Waals surface area contributed by atoms with Gasteiger partial charge in [-0.15, -0.1) is 0 Å². The van der Waals surface area contributed by atoms with E-state index in [2.05, 4.69) is 5.32 Å². The van der Waals surface area contributed by atoms with Crippen LogP contribution in [0.3, 0.4) is 0 Å². The number of likely N-dealkylation sites (tertiary alicyclic amines) is 1. The van der Waals surface area contributed by atoms with E-state index >= 15 is 0 Å². The maximum absolute atomic E-state index is 12.4. The molecule has 2 rings (SSSR count). The van der Waals surface area contributed by atoms with Gasteiger partial charge in [0.2, 0.25) is 5.91 Å². The largest absolute Gasteiger partial charge is 0.478 e. The van der Waals surface area contributed by atoms with Crippen LogP contribution in [0, 0.1) is 0 Å². The molecule has 0 bridgehead atoms. The van der Waals surface area contributed by atoms with Gasteiger partial charge in [0.15, 0.2) is 0 Å². The summed E-state index contributed by atoms with van der Waals surface area (Å²) in [6.07, 6.45) is 3.64. The van der Waals surface area contributed by atoms with E-state index in [1.54, 1.807) is 29.2 Å². The Morgan fingerprint density at radius 2 is 1.76 bits per heavy atom. The predicted octanol–water partition coefficient (Wildman–Crippen LogP) is 1.50. The summed E-state index contributed by atoms with van der Waals surface area (Å²) in [7, 11) is 0. The molecule has 6 heteroatoms. The van der Waals surface area contributed by atoms with E-state index < -0.39 is 11.9 Å². The lowest BCUT2D eigenvalue weighted by atomic mass is 10.1. The van der Waals surface area contributed by atoms with Crippen molar-refractivity contribution in [2.24, 2.45) is 0 Å². The molecule has 1 fully saturated rings. The molecular weight excluding hydrogens is 272 g/mol. The summed E-state index contributed by atoms with van der Waals surface area (Å²) in [6, 6.07) is 6.70. The molecule has 0 radical (unpaired) electrons. The number of para-hydroxylation sites is 1. The zero-order valence-electron chi connectivity index (χ0n) is 11.4. The van der Waals surface area contributed by atoms with Gasteiger partial charge in [-0.25, -0.2) is 4.79 Å². The van der Waals surface area contributed by atoms with Crippen LogP contribution >= 0.6 is 0 Å². The number of carbonyl (C=O) groups excluding carboxylic acids is 2. The van der Waals surface area contributed by atoms with Gasteiger partial charge in [0.25, 0.3) is 5.91 Å². The Balaban J connectivity index is 2.14. The molecule has 0 atom stereocenters. The highest BCUT2D eigenvalue weighted by Gasteiger charge is 2.21. The number of rotatable bonds is 4. The fraction of sp³-hybridized carbons (Fsp3) is 0.267. The lowest BCUT2D eigenvalue weighted by Crippen LogP contribution is -2.28. The van der Waals surface area contributed by atoms with Crippen LogP contribution in [0.4, 0.5) is 5.69 Å². The van der Waals surface area contributed by atoms with Crippen molar-refractivity contribution in [1.82, 2.24) is 4.90 Å². The van der Waals surface area contributed by atoms with Gasteiger partial charge in [0.1, 0.15) is 0 Å². The number of nitrogens with zero attached hydrogens (tertiary/aromatic N) is 1. The van der Waals surface area contributed by atoms with Crippen molar-refractivity contribution in [3.8, 4) is 0 Å². The molecule has 0 aliphatic carbocycles. The van der Waals surface area contributed by atoms with E-state index in [9.17, 15) is 14.4 Å². The number of hydrogen-bond acceptors (Lipinski definition) is 3. The third-order valence-corrected chi connectivity index (χ3v) is 3.19. The number of carboxylic acid groups (broad SMARTS) is 1. The molecule has 0 spiro atoms. The minimum Gasteiger partial charge on any atom is -0.478 e. The number of nitrogens with one attached hydrogen (secondary N) is 1. The topological polar surface area (TPSA) is 86.7 Å². The van der Waals surface area contributed by atoms with E-state index in [0.29, 0.717) is 11.3 Å². The van der Waals surface area contributed by atoms with Crippen molar-refractivity contribution in [2.45, 2.75) is 12.8 Å². The Kier molecular flexibility index (Phi) is 4.71. The van der Waals surface area contributed by atoms with Crippen molar-refractivity contribution in [2.75, 3.05) is 18.4 Å². The van der Waals surface area contributed by atoms with E-state index in [0.717, 1.165) is 38.1 Å². The fourth-order valence-electron chi connectivity index (χ4n) is 2.19. The van der Waals surface area contributed by atoms with Crippen LogP contribution in [0.1, 0.15) is 23.2 Å². The van der Waals surface area contributed by atoms with E-state index in [-0.39, 0.29) is 5.91 Å². The molecule has 0 aromatic heterocycles. The van der Waals surface area contributed by atoms with E-state index in [1.807, 2.05) is 0 Å². The summed E-state index contributed by atoms with van der Waals surface area (Å²) in [5, 5.41) is 11.0. The Labute approximate surface area is 122 Å². The first-order valence-electron chi connectivity index (χ1n) is 6.68. The van der Waals surface area contributed by atoms with Gasteiger partial charge >= 0.3 is 5.97 Å². The molecule has 1 saturated heterocycles. The molecule has 1 aromatic rings. The van der Waals surface area contributed by atoms with Crippen LogP contribution in [-0.4, -0.2) is 40.9 Å². The quantitative estimate of drug-likeness (QED) is 0.822. The van der Waals surface area contributed by atoms with E-state index in [4.69, 9.17) is 5.11 Å². The molecule has 2 N–H and O–H groups in total. The van der Waals surface area contributed by atoms with Crippen LogP contribution in [0.2, 0.25) is 0 Å². The average molecular weight is 288 g/mol. The summed E-state index contributed by atoms with van der Waals surface area (Å²) >= 11 is 0. The van der Waals surface area contributed by atoms with Gasteiger partial charge in [-0.2, -0.15) is 0 Å². The monoisotopic (exact) mass is 288 g/mol. The summed E-state index contributed by atoms with van der Waals surface area (Å²) in [6.45, 7) is 1.44. The Bertz CT molecular complexity index is 589. The smallest absolute Gasteiger partial charge is 0.328 e. The van der Waals surface area contributed by atoms with Gasteiger partial charge < -0.3 is 15.3 Å². The van der Waals surface area contributed by atoms with Crippen molar-refractivity contribution in [3.05, 3.63) is 42.0 Å². The number of carbonyl (C=O) groups is 3. The third kappa shape index (κ3) is 3.92. The van der Waals surface area contributed by atoms with Crippen LogP contribution in [-0.2, 0) is 9.59 Å². The second-order valence-corrected chi connectivity index (χ2v) is 4.71. The lowest BCUT2D eigenvalue weighted by Gasteiger charge is -2.17. The molecule has 110 valence electrons. The minimum atomic E-state index is -1.20. The van der Waals surface area contributed by atoms with Crippen molar-refractivity contribution < 1.29 is 19.5 Å². The number of anilines is 1. The van der Waals surface area contributed by atoms with Crippen molar-refractivity contribution in [3.63, 3.8) is 0 Å². The maximum atomic E-state index is 12.4. The summed E-state index contributed by atoms with van der Waals surface area (Å²) < 4.78 is 0. The highest BCUT2D eigenvalue weighted by atomic mass is 16.4. The van der Waals surface area contributed by atoms with Gasteiger partial charge in [0, 0.05) is 25.2 Å². The van der Waals surface area contributed by atoms with E-state index in [1.165, 1.54) is 0 Å². The van der Waals surface area contributed by atoms with Crippen LogP contribution in [0.25, 0.3) is 0 Å². The molecule has 1 aliphatic rings. The van der Waals surface area contributed by atoms with Gasteiger partial charge in [-0.1, -0.05) is 12.1 Å². The lowest BCUT2D eigenvalue weighted by molar-refractivity contribution is -0.131. The third-order valence-electron chi connectivity index (χ3n) is 3.19. The highest BCUT2D eigenvalue weighted by molar-refractivity contribution is 6.07. The average Bonchev–Trinajstić information content (AvgIpc) is 2.99. The Morgan fingerprint density at radius 3 is 2.43 bits per heavy atom. The maximum Gasteiger partial charge on any atom is 0.328 e. The first-order valence-corrected chi connectivity index (χ1v) is 6.68. The second-order valence-electron chi connectivity index (χ2n) is 4.71. The predicted molar refractivity (Wildman–Crippen MR) is 77.0 cm³/mol. The summed E-state index contributed by atoms with van der Waals surface area (Å²) in [5.74, 6) is -1.91. The molecule has 6 nitrogen and oxygen atoms in total. The minimum absolute atomic E-state index is 0.120. The SMILES string of the molecule is O=C(O)/C=C/C(=O)Nc1ccccc1C(=O)N1CCCC1. The number of hydrogen-bond donors (Lipinski definition) is 2. The number of carboxylic acids is 1. The van der Waals surface area contributed by atoms with Gasteiger partial charge in [0.05, 0.1) is 11.3 Å². The van der Waals surface area contributed by atoms with Crippen LogP contribution in [0.5, 0.6) is 0 Å². The highest BCUT2D eigenvalue weighted by Crippen LogP contribution is 2.20. The second kappa shape index (κ2) is 6.69. The normalized spacial score (nSPS) is 14.4. The number of amides is 2. The Hall–Kier alpha value is -2.63. The first-order chi connectivity index (χ1) is 10.1. The van der Waals surface area contributed by atoms with Gasteiger partial charge in [-0.05, 0) is 25.0 Å².